The van der Waals surface area contributed by atoms with Crippen molar-refractivity contribution in [2.75, 3.05) is 13.2 Å². The van der Waals surface area contributed by atoms with Crippen molar-refractivity contribution in [3.63, 3.8) is 0 Å². The number of aliphatic hydroxyl groups is 2. The van der Waals surface area contributed by atoms with Crippen molar-refractivity contribution >= 4 is 17.2 Å². The normalized spacial score (nSPS) is 12.8. The number of rotatable bonds is 5. The Balaban J connectivity index is 2.65. The van der Waals surface area contributed by atoms with E-state index >= 15 is 0 Å². The number of hydrogen-bond acceptors (Lipinski definition) is 6. The van der Waals surface area contributed by atoms with E-state index in [1.807, 2.05) is 0 Å². The van der Waals surface area contributed by atoms with Crippen molar-refractivity contribution in [2.45, 2.75) is 19.0 Å². The van der Waals surface area contributed by atoms with Crippen molar-refractivity contribution in [3.05, 3.63) is 16.1 Å². The third kappa shape index (κ3) is 3.24. The number of nitrogens with two attached hydrogens (primary N) is 1. The summed E-state index contributed by atoms with van der Waals surface area (Å²) in [5.74, 6) is -0.420. The second kappa shape index (κ2) is 5.90. The fourth-order valence-electron chi connectivity index (χ4n) is 1.01. The minimum Gasteiger partial charge on any atom is -0.394 e. The zero-order chi connectivity index (χ0) is 12.1. The van der Waals surface area contributed by atoms with Gasteiger partial charge in [0, 0.05) is 5.38 Å². The molecule has 1 aromatic heterocycles. The van der Waals surface area contributed by atoms with Gasteiger partial charge in [-0.1, -0.05) is 0 Å². The van der Waals surface area contributed by atoms with E-state index < -0.39 is 11.9 Å². The van der Waals surface area contributed by atoms with Crippen LogP contribution in [0.4, 0.5) is 0 Å². The predicted octanol–water partition coefficient (Wildman–Crippen LogP) is -0.754. The van der Waals surface area contributed by atoms with Gasteiger partial charge in [-0.25, -0.2) is 4.98 Å². The van der Waals surface area contributed by atoms with Gasteiger partial charge in [0.25, 0.3) is 5.91 Å². The molecule has 90 valence electrons. The van der Waals surface area contributed by atoms with E-state index in [1.165, 1.54) is 11.3 Å². The van der Waals surface area contributed by atoms with Crippen LogP contribution in [0.5, 0.6) is 0 Å². The van der Waals surface area contributed by atoms with Crippen LogP contribution in [0.25, 0.3) is 0 Å². The topological polar surface area (TPSA) is 108 Å². The lowest BCUT2D eigenvalue weighted by molar-refractivity contribution is 0.0875. The van der Waals surface area contributed by atoms with Crippen molar-refractivity contribution in [3.8, 4) is 0 Å². The summed E-state index contributed by atoms with van der Waals surface area (Å²) in [7, 11) is 0. The monoisotopic (exact) mass is 245 g/mol. The van der Waals surface area contributed by atoms with E-state index in [2.05, 4.69) is 10.3 Å². The van der Waals surface area contributed by atoms with Crippen LogP contribution in [0.3, 0.4) is 0 Å². The van der Waals surface area contributed by atoms with Crippen LogP contribution >= 0.6 is 11.3 Å². The van der Waals surface area contributed by atoms with Crippen LogP contribution in [-0.4, -0.2) is 40.4 Å². The highest BCUT2D eigenvalue weighted by Gasteiger charge is 2.15. The molecular weight excluding hydrogens is 230 g/mol. The molecule has 0 aromatic carbocycles. The van der Waals surface area contributed by atoms with Gasteiger partial charge in [0.1, 0.15) is 10.7 Å². The summed E-state index contributed by atoms with van der Waals surface area (Å²) in [4.78, 5) is 15.6. The minimum atomic E-state index is -0.659. The molecule has 6 nitrogen and oxygen atoms in total. The van der Waals surface area contributed by atoms with Gasteiger partial charge in [0.2, 0.25) is 0 Å². The number of hydrogen-bond donors (Lipinski definition) is 4. The number of carbonyl (C=O) groups excluding carboxylic acids is 1. The average Bonchev–Trinajstić information content (AvgIpc) is 2.74. The van der Waals surface area contributed by atoms with E-state index in [1.54, 1.807) is 12.3 Å². The molecule has 0 aliphatic heterocycles. The van der Waals surface area contributed by atoms with Crippen LogP contribution in [0, 0.1) is 0 Å². The molecule has 0 saturated heterocycles. The molecule has 1 unspecified atom stereocenters. The maximum absolute atomic E-state index is 11.6. The molecule has 0 spiro atoms. The molecule has 0 aliphatic carbocycles. The summed E-state index contributed by atoms with van der Waals surface area (Å²) in [6, 6.07) is -0.869. The number of thiazole rings is 1. The first-order chi connectivity index (χ1) is 7.58. The Morgan fingerprint density at radius 1 is 1.62 bits per heavy atom. The van der Waals surface area contributed by atoms with Crippen LogP contribution in [0.2, 0.25) is 0 Å². The Morgan fingerprint density at radius 3 is 2.69 bits per heavy atom. The Labute approximate surface area is 97.1 Å². The molecule has 0 fully saturated rings. The molecule has 1 atom stereocenters. The van der Waals surface area contributed by atoms with Gasteiger partial charge in [0.15, 0.2) is 0 Å². The second-order valence-electron chi connectivity index (χ2n) is 3.40. The summed E-state index contributed by atoms with van der Waals surface area (Å²) in [5, 5.41) is 22.3. The molecule has 0 radical (unpaired) electrons. The average molecular weight is 245 g/mol. The third-order valence-electron chi connectivity index (χ3n) is 1.92. The first-order valence-electron chi connectivity index (χ1n) is 4.82. The van der Waals surface area contributed by atoms with Crippen LogP contribution in [0.15, 0.2) is 5.38 Å². The summed E-state index contributed by atoms with van der Waals surface area (Å²) in [6.07, 6.45) is 0. The molecule has 7 heteroatoms. The summed E-state index contributed by atoms with van der Waals surface area (Å²) >= 11 is 1.31. The zero-order valence-electron chi connectivity index (χ0n) is 8.88. The van der Waals surface area contributed by atoms with E-state index in [-0.39, 0.29) is 24.9 Å². The van der Waals surface area contributed by atoms with Crippen molar-refractivity contribution < 1.29 is 15.0 Å². The first-order valence-corrected chi connectivity index (χ1v) is 5.70. The van der Waals surface area contributed by atoms with E-state index in [9.17, 15) is 4.79 Å². The van der Waals surface area contributed by atoms with Crippen LogP contribution in [0.1, 0.15) is 28.5 Å². The number of nitrogens with one attached hydrogen (secondary N) is 1. The predicted molar refractivity (Wildman–Crippen MR) is 60.1 cm³/mol. The van der Waals surface area contributed by atoms with Gasteiger partial charge in [0.05, 0.1) is 25.3 Å². The molecule has 0 saturated carbocycles. The molecule has 1 amide bonds. The SMILES string of the molecule is CC(N)c1nc(C(=O)NC(CO)CO)cs1. The Kier molecular flexibility index (Phi) is 4.81. The Morgan fingerprint density at radius 2 is 2.25 bits per heavy atom. The molecule has 0 bridgehead atoms. The highest BCUT2D eigenvalue weighted by atomic mass is 32.1. The fraction of sp³-hybridized carbons (Fsp3) is 0.556. The van der Waals surface area contributed by atoms with Gasteiger partial charge >= 0.3 is 0 Å². The lowest BCUT2D eigenvalue weighted by Gasteiger charge is -2.11. The van der Waals surface area contributed by atoms with Gasteiger partial charge in [-0.05, 0) is 6.92 Å². The highest BCUT2D eigenvalue weighted by molar-refractivity contribution is 7.09. The maximum Gasteiger partial charge on any atom is 0.271 e. The van der Waals surface area contributed by atoms with Crippen LogP contribution in [-0.2, 0) is 0 Å². The lowest BCUT2D eigenvalue weighted by atomic mass is 10.3. The summed E-state index contributed by atoms with van der Waals surface area (Å²) < 4.78 is 0. The van der Waals surface area contributed by atoms with Gasteiger partial charge in [-0.3, -0.25) is 4.79 Å². The van der Waals surface area contributed by atoms with Crippen molar-refractivity contribution in [1.29, 1.82) is 0 Å². The van der Waals surface area contributed by atoms with E-state index in [0.717, 1.165) is 0 Å². The number of carbonyl (C=O) groups is 1. The van der Waals surface area contributed by atoms with E-state index in [4.69, 9.17) is 15.9 Å². The van der Waals surface area contributed by atoms with Gasteiger partial charge in [-0.2, -0.15) is 0 Å². The zero-order valence-corrected chi connectivity index (χ0v) is 9.70. The second-order valence-corrected chi connectivity index (χ2v) is 4.28. The summed E-state index contributed by atoms with van der Waals surface area (Å²) in [5.41, 5.74) is 5.87. The molecule has 1 heterocycles. The van der Waals surface area contributed by atoms with Crippen molar-refractivity contribution in [1.82, 2.24) is 10.3 Å². The van der Waals surface area contributed by atoms with E-state index in [0.29, 0.717) is 5.01 Å². The molecular formula is C9H15N3O3S. The summed E-state index contributed by atoms with van der Waals surface area (Å²) in [6.45, 7) is 1.16. The molecule has 0 aliphatic rings. The van der Waals surface area contributed by atoms with Gasteiger partial charge < -0.3 is 21.3 Å². The molecule has 1 rings (SSSR count). The van der Waals surface area contributed by atoms with Crippen LogP contribution < -0.4 is 11.1 Å². The Hall–Kier alpha value is -1.02. The highest BCUT2D eigenvalue weighted by Crippen LogP contribution is 2.15. The third-order valence-corrected chi connectivity index (χ3v) is 2.97. The minimum absolute atomic E-state index is 0.210. The number of aromatic nitrogens is 1. The fourth-order valence-corrected chi connectivity index (χ4v) is 1.77. The number of nitrogens with zero attached hydrogens (tertiary/aromatic N) is 1. The largest absolute Gasteiger partial charge is 0.394 e. The molecule has 1 aromatic rings. The standard InChI is InChI=1S/C9H15N3O3S/c1-5(10)9-12-7(4-16-9)8(15)11-6(2-13)3-14/h4-6,13-14H,2-3,10H2,1H3,(H,11,15). The number of amides is 1. The Bertz CT molecular complexity index is 350. The lowest BCUT2D eigenvalue weighted by Crippen LogP contribution is -2.40. The first kappa shape index (κ1) is 13.0. The van der Waals surface area contributed by atoms with Gasteiger partial charge in [-0.15, -0.1) is 11.3 Å². The molecule has 16 heavy (non-hydrogen) atoms. The maximum atomic E-state index is 11.6. The smallest absolute Gasteiger partial charge is 0.271 e. The molecule has 5 N–H and O–H groups in total. The number of aliphatic hydroxyl groups excluding tert-OH is 2. The van der Waals surface area contributed by atoms with Crippen molar-refractivity contribution in [2.24, 2.45) is 5.73 Å². The quantitative estimate of drug-likeness (QED) is 0.545.